The topological polar surface area (TPSA) is 100 Å². The molecule has 2 aromatic heterocycles. The maximum Gasteiger partial charge on any atom is 0.257 e. The van der Waals surface area contributed by atoms with Crippen molar-refractivity contribution in [2.24, 2.45) is 0 Å². The van der Waals surface area contributed by atoms with E-state index in [0.29, 0.717) is 11.3 Å². The lowest BCUT2D eigenvalue weighted by molar-refractivity contribution is -0.125. The number of benzene rings is 1. The molecule has 8 nitrogen and oxygen atoms in total. The van der Waals surface area contributed by atoms with Gasteiger partial charge in [-0.3, -0.25) is 14.5 Å². The lowest BCUT2D eigenvalue weighted by atomic mass is 9.87. The van der Waals surface area contributed by atoms with Gasteiger partial charge in [0.2, 0.25) is 17.3 Å². The van der Waals surface area contributed by atoms with Crippen LogP contribution in [0.4, 0.5) is 19.0 Å². The normalized spacial score (nSPS) is 18.8. The number of piperidine rings is 1. The molecule has 1 aliphatic heterocycles. The van der Waals surface area contributed by atoms with Gasteiger partial charge < -0.3 is 15.0 Å². The fourth-order valence-electron chi connectivity index (χ4n) is 3.72. The summed E-state index contributed by atoms with van der Waals surface area (Å²) >= 11 is 0. The molecule has 2 unspecified atom stereocenters. The molecule has 2 atom stereocenters. The van der Waals surface area contributed by atoms with Crippen LogP contribution in [0.25, 0.3) is 0 Å². The number of nitrogens with one attached hydrogen (secondary N) is 2. The summed E-state index contributed by atoms with van der Waals surface area (Å²) in [4.78, 5) is 36.3. The summed E-state index contributed by atoms with van der Waals surface area (Å²) in [6.07, 6.45) is 3.48. The van der Waals surface area contributed by atoms with E-state index >= 15 is 0 Å². The summed E-state index contributed by atoms with van der Waals surface area (Å²) in [5.41, 5.74) is -0.0628. The zero-order valence-corrected chi connectivity index (χ0v) is 18.2. The number of halogens is 3. The Hall–Kier alpha value is -3.73. The van der Waals surface area contributed by atoms with Gasteiger partial charge in [0.15, 0.2) is 5.82 Å². The molecule has 1 saturated heterocycles. The number of carbonyl (C=O) groups excluding carboxylic acids is 1. The summed E-state index contributed by atoms with van der Waals surface area (Å²) in [6.45, 7) is 1.61. The zero-order chi connectivity index (χ0) is 24.3. The number of pyridine rings is 1. The standard InChI is InChI=1S/C23H22F3N5O3/c1-14(31-9-8-23(25,26)18(13-31)15-2-7-20(32)28-10-15)22(33)30-19-11-29-21(12-27-19)34-17-5-3-16(24)4-6-17/h2-7,10-12,14,18H,8-9,13H2,1H3,(H,28,32)(H,27,30,33). The molecule has 1 aromatic carbocycles. The first-order valence-electron chi connectivity index (χ1n) is 10.6. The summed E-state index contributed by atoms with van der Waals surface area (Å²) < 4.78 is 47.6. The maximum absolute atomic E-state index is 14.6. The fourth-order valence-corrected chi connectivity index (χ4v) is 3.72. The first-order valence-corrected chi connectivity index (χ1v) is 10.6. The van der Waals surface area contributed by atoms with E-state index in [0.717, 1.165) is 0 Å². The molecule has 3 aromatic rings. The van der Waals surface area contributed by atoms with Crippen molar-refractivity contribution in [1.82, 2.24) is 19.9 Å². The zero-order valence-electron chi connectivity index (χ0n) is 18.2. The van der Waals surface area contributed by atoms with Crippen molar-refractivity contribution in [2.75, 3.05) is 18.4 Å². The van der Waals surface area contributed by atoms with E-state index in [1.807, 2.05) is 0 Å². The lowest BCUT2D eigenvalue weighted by Gasteiger charge is -2.40. The van der Waals surface area contributed by atoms with Gasteiger partial charge in [0.05, 0.1) is 24.4 Å². The largest absolute Gasteiger partial charge is 0.438 e. The molecule has 1 amide bonds. The van der Waals surface area contributed by atoms with Gasteiger partial charge in [0.25, 0.3) is 5.92 Å². The van der Waals surface area contributed by atoms with Gasteiger partial charge in [-0.25, -0.2) is 23.1 Å². The third kappa shape index (κ3) is 5.42. The Morgan fingerprint density at radius 2 is 1.97 bits per heavy atom. The summed E-state index contributed by atoms with van der Waals surface area (Å²) in [7, 11) is 0. The van der Waals surface area contributed by atoms with Crippen LogP contribution < -0.4 is 15.6 Å². The van der Waals surface area contributed by atoms with Crippen molar-refractivity contribution in [2.45, 2.75) is 31.2 Å². The molecule has 0 spiro atoms. The molecule has 0 radical (unpaired) electrons. The van der Waals surface area contributed by atoms with E-state index in [1.165, 1.54) is 55.0 Å². The summed E-state index contributed by atoms with van der Waals surface area (Å²) in [6, 6.07) is 7.26. The lowest BCUT2D eigenvalue weighted by Crippen LogP contribution is -2.52. The molecule has 178 valence electrons. The molecule has 3 heterocycles. The second kappa shape index (κ2) is 9.64. The molecule has 1 aliphatic rings. The molecule has 0 saturated carbocycles. The summed E-state index contributed by atoms with van der Waals surface area (Å²) in [5.74, 6) is -4.24. The van der Waals surface area contributed by atoms with Crippen molar-refractivity contribution in [3.63, 3.8) is 0 Å². The minimum absolute atomic E-state index is 0.0393. The molecule has 34 heavy (non-hydrogen) atoms. The second-order valence-corrected chi connectivity index (χ2v) is 8.01. The van der Waals surface area contributed by atoms with E-state index in [2.05, 4.69) is 20.3 Å². The van der Waals surface area contributed by atoms with Crippen LogP contribution in [0.1, 0.15) is 24.8 Å². The number of amides is 1. The van der Waals surface area contributed by atoms with Crippen LogP contribution in [0.2, 0.25) is 0 Å². The number of H-pyrrole nitrogens is 1. The monoisotopic (exact) mass is 473 g/mol. The molecule has 11 heteroatoms. The van der Waals surface area contributed by atoms with Crippen LogP contribution in [-0.4, -0.2) is 50.8 Å². The number of anilines is 1. The Bertz CT molecular complexity index is 1180. The average molecular weight is 473 g/mol. The molecule has 0 aliphatic carbocycles. The third-order valence-electron chi connectivity index (χ3n) is 5.71. The van der Waals surface area contributed by atoms with Crippen LogP contribution >= 0.6 is 0 Å². The van der Waals surface area contributed by atoms with Gasteiger partial charge >= 0.3 is 0 Å². The quantitative estimate of drug-likeness (QED) is 0.568. The Balaban J connectivity index is 1.38. The highest BCUT2D eigenvalue weighted by Gasteiger charge is 2.46. The van der Waals surface area contributed by atoms with Gasteiger partial charge in [-0.1, -0.05) is 6.07 Å². The van der Waals surface area contributed by atoms with Crippen molar-refractivity contribution in [3.05, 3.63) is 76.7 Å². The number of aromatic amines is 1. The summed E-state index contributed by atoms with van der Waals surface area (Å²) in [5, 5.41) is 2.63. The van der Waals surface area contributed by atoms with E-state index in [-0.39, 0.29) is 30.3 Å². The molecule has 2 N–H and O–H groups in total. The number of aromatic nitrogens is 3. The van der Waals surface area contributed by atoms with Crippen LogP contribution in [0.5, 0.6) is 11.6 Å². The van der Waals surface area contributed by atoms with Crippen molar-refractivity contribution >= 4 is 11.7 Å². The van der Waals surface area contributed by atoms with Crippen LogP contribution in [0.3, 0.4) is 0 Å². The fraction of sp³-hybridized carbons (Fsp3) is 0.304. The molecule has 0 bridgehead atoms. The highest BCUT2D eigenvalue weighted by molar-refractivity contribution is 5.93. The smallest absolute Gasteiger partial charge is 0.257 e. The SMILES string of the molecule is CC(C(=O)Nc1cnc(Oc2ccc(F)cc2)cn1)N1CCC(F)(F)C(c2ccc(=O)[nH]c2)C1. The average Bonchev–Trinajstić information content (AvgIpc) is 2.82. The molecular weight excluding hydrogens is 451 g/mol. The predicted octanol–water partition coefficient (Wildman–Crippen LogP) is 3.55. The highest BCUT2D eigenvalue weighted by atomic mass is 19.3. The van der Waals surface area contributed by atoms with Crippen molar-refractivity contribution in [3.8, 4) is 11.6 Å². The molecule has 4 rings (SSSR count). The number of rotatable bonds is 6. The van der Waals surface area contributed by atoms with Crippen molar-refractivity contribution in [1.29, 1.82) is 0 Å². The van der Waals surface area contributed by atoms with Crippen LogP contribution in [0, 0.1) is 5.82 Å². The number of likely N-dealkylation sites (tertiary alicyclic amines) is 1. The highest BCUT2D eigenvalue weighted by Crippen LogP contribution is 2.40. The van der Waals surface area contributed by atoms with Gasteiger partial charge in [-0.2, -0.15) is 0 Å². The van der Waals surface area contributed by atoms with E-state index in [4.69, 9.17) is 4.74 Å². The van der Waals surface area contributed by atoms with E-state index in [1.54, 1.807) is 11.8 Å². The number of alkyl halides is 2. The Morgan fingerprint density at radius 3 is 2.62 bits per heavy atom. The maximum atomic E-state index is 14.6. The Kier molecular flexibility index (Phi) is 6.64. The molecule has 1 fully saturated rings. The third-order valence-corrected chi connectivity index (χ3v) is 5.71. The van der Waals surface area contributed by atoms with E-state index < -0.39 is 36.0 Å². The number of ether oxygens (including phenoxy) is 1. The van der Waals surface area contributed by atoms with Gasteiger partial charge in [0, 0.05) is 31.8 Å². The van der Waals surface area contributed by atoms with Crippen LogP contribution in [-0.2, 0) is 4.79 Å². The number of nitrogens with zero attached hydrogens (tertiary/aromatic N) is 3. The second-order valence-electron chi connectivity index (χ2n) is 8.01. The molecular formula is C23H22F3N5O3. The first-order chi connectivity index (χ1) is 16.2. The first kappa shape index (κ1) is 23.4. The van der Waals surface area contributed by atoms with Gasteiger partial charge in [-0.15, -0.1) is 0 Å². The minimum atomic E-state index is -2.96. The van der Waals surface area contributed by atoms with E-state index in [9.17, 15) is 22.8 Å². The van der Waals surface area contributed by atoms with Gasteiger partial charge in [0.1, 0.15) is 11.6 Å². The number of hydrogen-bond donors (Lipinski definition) is 2. The van der Waals surface area contributed by atoms with Gasteiger partial charge in [-0.05, 0) is 36.8 Å². The number of hydrogen-bond acceptors (Lipinski definition) is 6. The van der Waals surface area contributed by atoms with Crippen molar-refractivity contribution < 1.29 is 22.7 Å². The Labute approximate surface area is 192 Å². The number of carbonyl (C=O) groups is 1. The predicted molar refractivity (Wildman–Crippen MR) is 118 cm³/mol. The minimum Gasteiger partial charge on any atom is -0.438 e. The Morgan fingerprint density at radius 1 is 1.21 bits per heavy atom. The van der Waals surface area contributed by atoms with Crippen LogP contribution in [0.15, 0.2) is 59.8 Å².